The van der Waals surface area contributed by atoms with E-state index in [0.717, 1.165) is 5.56 Å². The summed E-state index contributed by atoms with van der Waals surface area (Å²) in [7, 11) is 0. The third kappa shape index (κ3) is 5.49. The molecule has 0 aromatic heterocycles. The van der Waals surface area contributed by atoms with Gasteiger partial charge in [-0.2, -0.15) is 0 Å². The maximum atomic E-state index is 12.5. The van der Waals surface area contributed by atoms with Crippen molar-refractivity contribution >= 4 is 17.5 Å². The van der Waals surface area contributed by atoms with E-state index in [-0.39, 0.29) is 11.8 Å². The minimum Gasteiger partial charge on any atom is -0.489 e. The fraction of sp³-hybridized carbons (Fsp3) is 0.200. The van der Waals surface area contributed by atoms with Gasteiger partial charge in [-0.05, 0) is 54.1 Å². The summed E-state index contributed by atoms with van der Waals surface area (Å²) in [4.78, 5) is 26.8. The second kappa shape index (κ2) is 9.91. The molecule has 158 valence electrons. The van der Waals surface area contributed by atoms with Gasteiger partial charge in [-0.15, -0.1) is 0 Å². The van der Waals surface area contributed by atoms with Gasteiger partial charge in [0, 0.05) is 29.9 Å². The molecule has 2 amide bonds. The van der Waals surface area contributed by atoms with E-state index in [0.29, 0.717) is 55.5 Å². The van der Waals surface area contributed by atoms with Crippen molar-refractivity contribution in [3.05, 3.63) is 95.6 Å². The van der Waals surface area contributed by atoms with Crippen LogP contribution in [0.5, 0.6) is 5.75 Å². The number of carbonyl (C=O) groups excluding carboxylic acids is 2. The molecule has 0 saturated carbocycles. The van der Waals surface area contributed by atoms with Crippen LogP contribution in [0.1, 0.15) is 26.3 Å². The SMILES string of the molecule is O=C(Nc1ccc(C(=O)N2CCOCC2)cc1)c1ccc(OCc2ccccc2)cc1. The van der Waals surface area contributed by atoms with Gasteiger partial charge < -0.3 is 19.7 Å². The van der Waals surface area contributed by atoms with Crippen molar-refractivity contribution in [2.24, 2.45) is 0 Å². The van der Waals surface area contributed by atoms with Gasteiger partial charge in [-0.25, -0.2) is 0 Å². The molecule has 1 N–H and O–H groups in total. The summed E-state index contributed by atoms with van der Waals surface area (Å²) in [5, 5.41) is 2.86. The van der Waals surface area contributed by atoms with Gasteiger partial charge in [0.2, 0.25) is 0 Å². The molecule has 0 aliphatic carbocycles. The third-order valence-electron chi connectivity index (χ3n) is 5.05. The molecule has 3 aromatic carbocycles. The third-order valence-corrected chi connectivity index (χ3v) is 5.05. The molecule has 3 aromatic rings. The molecular weight excluding hydrogens is 392 g/mol. The highest BCUT2D eigenvalue weighted by molar-refractivity contribution is 6.04. The summed E-state index contributed by atoms with van der Waals surface area (Å²) in [6.45, 7) is 2.80. The van der Waals surface area contributed by atoms with Crippen molar-refractivity contribution in [2.75, 3.05) is 31.6 Å². The number of anilines is 1. The summed E-state index contributed by atoms with van der Waals surface area (Å²) < 4.78 is 11.0. The first-order chi connectivity index (χ1) is 15.2. The van der Waals surface area contributed by atoms with Crippen LogP contribution in [0, 0.1) is 0 Å². The number of nitrogens with one attached hydrogen (secondary N) is 1. The number of nitrogens with zero attached hydrogens (tertiary/aromatic N) is 1. The molecule has 0 atom stereocenters. The van der Waals surface area contributed by atoms with Crippen LogP contribution in [0.4, 0.5) is 5.69 Å². The Hall–Kier alpha value is -3.64. The number of amides is 2. The van der Waals surface area contributed by atoms with Crippen LogP contribution in [-0.4, -0.2) is 43.0 Å². The lowest BCUT2D eigenvalue weighted by Gasteiger charge is -2.26. The number of hydrogen-bond donors (Lipinski definition) is 1. The average molecular weight is 416 g/mol. The fourth-order valence-corrected chi connectivity index (χ4v) is 3.29. The van der Waals surface area contributed by atoms with Crippen molar-refractivity contribution in [3.63, 3.8) is 0 Å². The van der Waals surface area contributed by atoms with E-state index in [4.69, 9.17) is 9.47 Å². The summed E-state index contributed by atoms with van der Waals surface area (Å²) in [6.07, 6.45) is 0. The molecule has 4 rings (SSSR count). The first kappa shape index (κ1) is 20.6. The van der Waals surface area contributed by atoms with Crippen LogP contribution in [0.15, 0.2) is 78.9 Å². The van der Waals surface area contributed by atoms with Crippen LogP contribution in [0.2, 0.25) is 0 Å². The zero-order valence-electron chi connectivity index (χ0n) is 17.1. The van der Waals surface area contributed by atoms with Gasteiger partial charge in [-0.1, -0.05) is 30.3 Å². The lowest BCUT2D eigenvalue weighted by atomic mass is 10.1. The zero-order valence-corrected chi connectivity index (χ0v) is 17.1. The maximum absolute atomic E-state index is 12.5. The first-order valence-electron chi connectivity index (χ1n) is 10.2. The Labute approximate surface area is 181 Å². The molecule has 1 saturated heterocycles. The highest BCUT2D eigenvalue weighted by atomic mass is 16.5. The summed E-state index contributed by atoms with van der Waals surface area (Å²) in [6, 6.07) is 23.9. The van der Waals surface area contributed by atoms with Crippen molar-refractivity contribution in [2.45, 2.75) is 6.61 Å². The first-order valence-corrected chi connectivity index (χ1v) is 10.2. The van der Waals surface area contributed by atoms with Crippen LogP contribution in [-0.2, 0) is 11.3 Å². The zero-order chi connectivity index (χ0) is 21.5. The Bertz CT molecular complexity index is 1010. The Kier molecular flexibility index (Phi) is 6.59. The van der Waals surface area contributed by atoms with Gasteiger partial charge in [0.05, 0.1) is 13.2 Å². The van der Waals surface area contributed by atoms with Crippen LogP contribution in [0.25, 0.3) is 0 Å². The van der Waals surface area contributed by atoms with Gasteiger partial charge in [0.25, 0.3) is 11.8 Å². The molecule has 0 spiro atoms. The van der Waals surface area contributed by atoms with E-state index in [2.05, 4.69) is 5.32 Å². The van der Waals surface area contributed by atoms with Crippen LogP contribution < -0.4 is 10.1 Å². The second-order valence-corrected chi connectivity index (χ2v) is 7.23. The number of hydrogen-bond acceptors (Lipinski definition) is 4. The van der Waals surface area contributed by atoms with E-state index >= 15 is 0 Å². The minimum absolute atomic E-state index is 0.0210. The minimum atomic E-state index is -0.220. The van der Waals surface area contributed by atoms with Crippen LogP contribution >= 0.6 is 0 Å². The lowest BCUT2D eigenvalue weighted by molar-refractivity contribution is 0.0303. The van der Waals surface area contributed by atoms with Gasteiger partial charge in [0.15, 0.2) is 0 Å². The molecule has 1 heterocycles. The molecule has 1 aliphatic heterocycles. The summed E-state index contributed by atoms with van der Waals surface area (Å²) in [5.41, 5.74) is 2.84. The molecule has 31 heavy (non-hydrogen) atoms. The van der Waals surface area contributed by atoms with E-state index < -0.39 is 0 Å². The van der Waals surface area contributed by atoms with Crippen LogP contribution in [0.3, 0.4) is 0 Å². The monoisotopic (exact) mass is 416 g/mol. The summed E-state index contributed by atoms with van der Waals surface area (Å²) in [5.74, 6) is 0.459. The second-order valence-electron chi connectivity index (χ2n) is 7.23. The maximum Gasteiger partial charge on any atom is 0.255 e. The highest BCUT2D eigenvalue weighted by Gasteiger charge is 2.18. The molecule has 6 heteroatoms. The Balaban J connectivity index is 1.32. The molecule has 0 unspecified atom stereocenters. The Morgan fingerprint density at radius 1 is 0.839 bits per heavy atom. The van der Waals surface area contributed by atoms with Crippen molar-refractivity contribution < 1.29 is 19.1 Å². The van der Waals surface area contributed by atoms with Gasteiger partial charge >= 0.3 is 0 Å². The van der Waals surface area contributed by atoms with Gasteiger partial charge in [0.1, 0.15) is 12.4 Å². The summed E-state index contributed by atoms with van der Waals surface area (Å²) >= 11 is 0. The number of rotatable bonds is 6. The molecule has 6 nitrogen and oxygen atoms in total. The van der Waals surface area contributed by atoms with Gasteiger partial charge in [-0.3, -0.25) is 9.59 Å². The Morgan fingerprint density at radius 3 is 2.16 bits per heavy atom. The molecule has 1 aliphatic rings. The van der Waals surface area contributed by atoms with Crippen molar-refractivity contribution in [3.8, 4) is 5.75 Å². The number of morpholine rings is 1. The van der Waals surface area contributed by atoms with E-state index in [1.807, 2.05) is 30.3 Å². The molecule has 0 radical (unpaired) electrons. The number of ether oxygens (including phenoxy) is 2. The average Bonchev–Trinajstić information content (AvgIpc) is 2.84. The van der Waals surface area contributed by atoms with E-state index in [9.17, 15) is 9.59 Å². The lowest BCUT2D eigenvalue weighted by Crippen LogP contribution is -2.40. The number of benzene rings is 3. The predicted molar refractivity (Wildman–Crippen MR) is 118 cm³/mol. The normalized spacial score (nSPS) is 13.5. The predicted octanol–water partition coefficient (Wildman–Crippen LogP) is 3.99. The Morgan fingerprint density at radius 2 is 1.48 bits per heavy atom. The highest BCUT2D eigenvalue weighted by Crippen LogP contribution is 2.17. The quantitative estimate of drug-likeness (QED) is 0.660. The van der Waals surface area contributed by atoms with Crippen molar-refractivity contribution in [1.82, 2.24) is 4.90 Å². The fourth-order valence-electron chi connectivity index (χ4n) is 3.29. The van der Waals surface area contributed by atoms with E-state index in [1.54, 1.807) is 53.4 Å². The standard InChI is InChI=1S/C25H24N2O4/c28-24(20-8-12-23(13-9-20)31-18-19-4-2-1-3-5-19)26-22-10-6-21(7-11-22)25(29)27-14-16-30-17-15-27/h1-13H,14-18H2,(H,26,28). The van der Waals surface area contributed by atoms with E-state index in [1.165, 1.54) is 0 Å². The largest absolute Gasteiger partial charge is 0.489 e. The topological polar surface area (TPSA) is 67.9 Å². The van der Waals surface area contributed by atoms with Crippen molar-refractivity contribution in [1.29, 1.82) is 0 Å². The number of carbonyl (C=O) groups is 2. The molecule has 0 bridgehead atoms. The smallest absolute Gasteiger partial charge is 0.255 e. The molecular formula is C25H24N2O4. The molecule has 1 fully saturated rings.